The summed E-state index contributed by atoms with van der Waals surface area (Å²) in [6.07, 6.45) is 0.911. The van der Waals surface area contributed by atoms with Gasteiger partial charge in [-0.1, -0.05) is 20.8 Å². The molecular formula is C11H20N2O3. The van der Waals surface area contributed by atoms with Crippen LogP contribution in [-0.4, -0.2) is 43.1 Å². The van der Waals surface area contributed by atoms with E-state index in [0.29, 0.717) is 26.4 Å². The summed E-state index contributed by atoms with van der Waals surface area (Å²) in [5, 5.41) is 9.47. The molecule has 0 aromatic carbocycles. The van der Waals surface area contributed by atoms with Crippen molar-refractivity contribution in [3.8, 4) is 0 Å². The van der Waals surface area contributed by atoms with Crippen molar-refractivity contribution in [1.29, 1.82) is 5.41 Å². The van der Waals surface area contributed by atoms with E-state index in [2.05, 4.69) is 20.8 Å². The molecule has 0 saturated carbocycles. The average Bonchev–Trinajstić information content (AvgIpc) is 2.56. The maximum absolute atomic E-state index is 7.88. The molecule has 2 fully saturated rings. The molecule has 1 spiro atoms. The van der Waals surface area contributed by atoms with Crippen LogP contribution in [0, 0.1) is 10.8 Å². The molecule has 0 bridgehead atoms. The number of rotatable bonds is 1. The fraction of sp³-hybridized carbons (Fsp3) is 0.909. The minimum Gasteiger partial charge on any atom is -0.463 e. The Morgan fingerprint density at radius 1 is 1.44 bits per heavy atom. The van der Waals surface area contributed by atoms with Gasteiger partial charge in [0.1, 0.15) is 5.54 Å². The Hall–Kier alpha value is -0.810. The van der Waals surface area contributed by atoms with Crippen molar-refractivity contribution in [2.75, 3.05) is 26.4 Å². The van der Waals surface area contributed by atoms with Gasteiger partial charge in [0.05, 0.1) is 26.4 Å². The first kappa shape index (κ1) is 11.7. The van der Waals surface area contributed by atoms with E-state index in [1.54, 1.807) is 5.06 Å². The second-order valence-corrected chi connectivity index (χ2v) is 5.75. The Kier molecular flexibility index (Phi) is 2.84. The van der Waals surface area contributed by atoms with Gasteiger partial charge in [-0.25, -0.2) is 5.41 Å². The molecule has 2 saturated heterocycles. The Morgan fingerprint density at radius 3 is 2.62 bits per heavy atom. The summed E-state index contributed by atoms with van der Waals surface area (Å²) in [5.74, 6) is 0. The highest BCUT2D eigenvalue weighted by atomic mass is 16.7. The number of hydrogen-bond acceptors (Lipinski definition) is 4. The number of nitrogens with one attached hydrogen (secondary N) is 1. The summed E-state index contributed by atoms with van der Waals surface area (Å²) in [6, 6.07) is 0.107. The minimum absolute atomic E-state index is 0.0509. The first-order valence-corrected chi connectivity index (χ1v) is 5.65. The molecule has 92 valence electrons. The summed E-state index contributed by atoms with van der Waals surface area (Å²) in [7, 11) is 0. The van der Waals surface area contributed by atoms with Crippen LogP contribution in [0.5, 0.6) is 0 Å². The van der Waals surface area contributed by atoms with Crippen molar-refractivity contribution in [2.45, 2.75) is 32.7 Å². The Morgan fingerprint density at radius 2 is 2.12 bits per heavy atom. The van der Waals surface area contributed by atoms with Gasteiger partial charge >= 0.3 is 6.02 Å². The highest BCUT2D eigenvalue weighted by Gasteiger charge is 2.51. The highest BCUT2D eigenvalue weighted by Crippen LogP contribution is 2.34. The third-order valence-corrected chi connectivity index (χ3v) is 2.79. The van der Waals surface area contributed by atoms with Crippen LogP contribution in [-0.2, 0) is 14.3 Å². The van der Waals surface area contributed by atoms with Crippen molar-refractivity contribution in [2.24, 2.45) is 5.41 Å². The van der Waals surface area contributed by atoms with Gasteiger partial charge in [-0.05, 0) is 5.41 Å². The molecule has 2 rings (SSSR count). The number of amidine groups is 1. The number of hydroxylamine groups is 2. The Bertz CT molecular complexity index is 281. The van der Waals surface area contributed by atoms with E-state index < -0.39 is 0 Å². The van der Waals surface area contributed by atoms with E-state index in [1.807, 2.05) is 0 Å². The predicted molar refractivity (Wildman–Crippen MR) is 59.1 cm³/mol. The predicted octanol–water partition coefficient (Wildman–Crippen LogP) is 1.39. The molecular weight excluding hydrogens is 208 g/mol. The first-order chi connectivity index (χ1) is 7.43. The summed E-state index contributed by atoms with van der Waals surface area (Å²) < 4.78 is 10.7. The fourth-order valence-corrected chi connectivity index (χ4v) is 1.78. The van der Waals surface area contributed by atoms with Gasteiger partial charge in [-0.2, -0.15) is 5.06 Å². The van der Waals surface area contributed by atoms with Crippen LogP contribution in [0.4, 0.5) is 0 Å². The van der Waals surface area contributed by atoms with Crippen molar-refractivity contribution in [1.82, 2.24) is 5.06 Å². The van der Waals surface area contributed by atoms with E-state index in [0.717, 1.165) is 6.42 Å². The third kappa shape index (κ3) is 2.15. The summed E-state index contributed by atoms with van der Waals surface area (Å²) in [5.41, 5.74) is -0.0791. The minimum atomic E-state index is -0.130. The van der Waals surface area contributed by atoms with Gasteiger partial charge in [0, 0.05) is 6.42 Å². The zero-order valence-electron chi connectivity index (χ0n) is 10.2. The fourth-order valence-electron chi connectivity index (χ4n) is 1.78. The standard InChI is InChI=1S/C11H20N2O3/c1-10(2,3)6-15-9(12)13-11(4-5-16-13)7-14-8-11/h12H,4-8H2,1-3H3. The van der Waals surface area contributed by atoms with E-state index >= 15 is 0 Å². The van der Waals surface area contributed by atoms with Crippen LogP contribution >= 0.6 is 0 Å². The van der Waals surface area contributed by atoms with Crippen molar-refractivity contribution < 1.29 is 14.3 Å². The summed E-state index contributed by atoms with van der Waals surface area (Å²) in [4.78, 5) is 5.44. The van der Waals surface area contributed by atoms with Gasteiger partial charge in [-0.3, -0.25) is 4.84 Å². The first-order valence-electron chi connectivity index (χ1n) is 5.65. The van der Waals surface area contributed by atoms with E-state index in [4.69, 9.17) is 19.7 Å². The van der Waals surface area contributed by atoms with Gasteiger partial charge < -0.3 is 9.47 Å². The maximum Gasteiger partial charge on any atom is 0.309 e. The van der Waals surface area contributed by atoms with Gasteiger partial charge in [0.15, 0.2) is 0 Å². The van der Waals surface area contributed by atoms with Gasteiger partial charge in [0.25, 0.3) is 0 Å². The second kappa shape index (κ2) is 3.89. The lowest BCUT2D eigenvalue weighted by Gasteiger charge is -2.43. The van der Waals surface area contributed by atoms with E-state index in [-0.39, 0.29) is 17.0 Å². The van der Waals surface area contributed by atoms with Gasteiger partial charge in [-0.15, -0.1) is 0 Å². The van der Waals surface area contributed by atoms with Crippen molar-refractivity contribution >= 4 is 6.02 Å². The largest absolute Gasteiger partial charge is 0.463 e. The Balaban J connectivity index is 1.89. The SMILES string of the molecule is CC(C)(C)COC(=N)N1OCCC12COC2. The second-order valence-electron chi connectivity index (χ2n) is 5.75. The molecule has 2 aliphatic heterocycles. The molecule has 0 aliphatic carbocycles. The monoisotopic (exact) mass is 228 g/mol. The normalized spacial score (nSPS) is 23.3. The van der Waals surface area contributed by atoms with Crippen LogP contribution in [0.1, 0.15) is 27.2 Å². The average molecular weight is 228 g/mol. The smallest absolute Gasteiger partial charge is 0.309 e. The molecule has 1 N–H and O–H groups in total. The van der Waals surface area contributed by atoms with Crippen LogP contribution in [0.15, 0.2) is 0 Å². The van der Waals surface area contributed by atoms with Crippen LogP contribution in [0.2, 0.25) is 0 Å². The molecule has 0 unspecified atom stereocenters. The van der Waals surface area contributed by atoms with Crippen LogP contribution in [0.3, 0.4) is 0 Å². The third-order valence-electron chi connectivity index (χ3n) is 2.79. The zero-order chi connectivity index (χ0) is 11.8. The number of nitrogens with zero attached hydrogens (tertiary/aromatic N) is 1. The molecule has 16 heavy (non-hydrogen) atoms. The lowest BCUT2D eigenvalue weighted by molar-refractivity contribution is -0.201. The molecule has 2 heterocycles. The van der Waals surface area contributed by atoms with Crippen LogP contribution in [0.25, 0.3) is 0 Å². The molecule has 2 aliphatic rings. The number of ether oxygens (including phenoxy) is 2. The summed E-state index contributed by atoms with van der Waals surface area (Å²) in [6.45, 7) is 8.66. The van der Waals surface area contributed by atoms with Gasteiger partial charge in [0.2, 0.25) is 0 Å². The molecule has 5 nitrogen and oxygen atoms in total. The zero-order valence-corrected chi connectivity index (χ0v) is 10.2. The molecule has 0 atom stereocenters. The van der Waals surface area contributed by atoms with E-state index in [9.17, 15) is 0 Å². The molecule has 5 heteroatoms. The molecule has 0 amide bonds. The molecule has 0 aromatic heterocycles. The molecule has 0 aromatic rings. The van der Waals surface area contributed by atoms with Crippen molar-refractivity contribution in [3.63, 3.8) is 0 Å². The van der Waals surface area contributed by atoms with E-state index in [1.165, 1.54) is 0 Å². The summed E-state index contributed by atoms with van der Waals surface area (Å²) >= 11 is 0. The Labute approximate surface area is 96.1 Å². The maximum atomic E-state index is 7.88. The lowest BCUT2D eigenvalue weighted by Crippen LogP contribution is -2.60. The highest BCUT2D eigenvalue weighted by molar-refractivity contribution is 5.70. The number of hydrogen-bond donors (Lipinski definition) is 1. The molecule has 0 radical (unpaired) electrons. The van der Waals surface area contributed by atoms with Crippen molar-refractivity contribution in [3.05, 3.63) is 0 Å². The van der Waals surface area contributed by atoms with Crippen LogP contribution < -0.4 is 0 Å². The topological polar surface area (TPSA) is 54.8 Å². The quantitative estimate of drug-likeness (QED) is 0.544. The lowest BCUT2D eigenvalue weighted by atomic mass is 9.94.